The zero-order chi connectivity index (χ0) is 12.3. The van der Waals surface area contributed by atoms with E-state index in [1.54, 1.807) is 32.0 Å². The van der Waals surface area contributed by atoms with Crippen molar-refractivity contribution in [3.05, 3.63) is 34.3 Å². The molecule has 0 atom stereocenters. The lowest BCUT2D eigenvalue weighted by atomic mass is 10.1. The Kier molecular flexibility index (Phi) is 3.94. The molecule has 0 spiro atoms. The average molecular weight is 242 g/mol. The molecule has 88 valence electrons. The maximum absolute atomic E-state index is 11.7. The highest BCUT2D eigenvalue weighted by molar-refractivity contribution is 6.31. The smallest absolute Gasteiger partial charge is 0.251 e. The Morgan fingerprint density at radius 3 is 2.62 bits per heavy atom. The summed E-state index contributed by atoms with van der Waals surface area (Å²) in [6.45, 7) is 5.34. The minimum absolute atomic E-state index is 0.207. The maximum atomic E-state index is 11.7. The van der Waals surface area contributed by atoms with Gasteiger partial charge in [-0.3, -0.25) is 4.79 Å². The Morgan fingerprint density at radius 1 is 1.50 bits per heavy atom. The van der Waals surface area contributed by atoms with E-state index in [1.807, 2.05) is 6.92 Å². The van der Waals surface area contributed by atoms with E-state index in [0.29, 0.717) is 10.6 Å². The Hall–Kier alpha value is -1.06. The molecule has 1 rings (SSSR count). The van der Waals surface area contributed by atoms with Gasteiger partial charge in [-0.1, -0.05) is 11.6 Å². The molecule has 0 heterocycles. The van der Waals surface area contributed by atoms with Crippen LogP contribution in [0.1, 0.15) is 29.8 Å². The number of hydrogen-bond acceptors (Lipinski definition) is 2. The quantitative estimate of drug-likeness (QED) is 0.852. The number of halogens is 1. The van der Waals surface area contributed by atoms with Crippen molar-refractivity contribution in [3.8, 4) is 0 Å². The van der Waals surface area contributed by atoms with Gasteiger partial charge in [-0.15, -0.1) is 0 Å². The fraction of sp³-hybridized carbons (Fsp3) is 0.417. The number of hydrogen-bond donors (Lipinski definition) is 2. The van der Waals surface area contributed by atoms with Crippen LogP contribution in [0.3, 0.4) is 0 Å². The third-order valence-corrected chi connectivity index (χ3v) is 2.53. The van der Waals surface area contributed by atoms with Gasteiger partial charge in [0.05, 0.1) is 5.60 Å². The van der Waals surface area contributed by atoms with Crippen molar-refractivity contribution < 1.29 is 9.90 Å². The SMILES string of the molecule is Cc1cc(C(=O)NCC(C)(C)O)ccc1Cl. The molecule has 1 aromatic rings. The van der Waals surface area contributed by atoms with Gasteiger partial charge in [0, 0.05) is 17.1 Å². The van der Waals surface area contributed by atoms with Gasteiger partial charge in [0.15, 0.2) is 0 Å². The van der Waals surface area contributed by atoms with Crippen LogP contribution in [0.5, 0.6) is 0 Å². The molecule has 0 radical (unpaired) electrons. The normalized spacial score (nSPS) is 11.3. The summed E-state index contributed by atoms with van der Waals surface area (Å²) < 4.78 is 0. The molecule has 0 saturated carbocycles. The van der Waals surface area contributed by atoms with Crippen LogP contribution in [-0.2, 0) is 0 Å². The second kappa shape index (κ2) is 4.85. The van der Waals surface area contributed by atoms with Crippen molar-refractivity contribution >= 4 is 17.5 Å². The highest BCUT2D eigenvalue weighted by atomic mass is 35.5. The van der Waals surface area contributed by atoms with Crippen molar-refractivity contribution in [2.24, 2.45) is 0 Å². The molecule has 0 aliphatic rings. The molecule has 3 nitrogen and oxygen atoms in total. The molecule has 16 heavy (non-hydrogen) atoms. The molecule has 0 aromatic heterocycles. The number of carbonyl (C=O) groups excluding carboxylic acids is 1. The minimum Gasteiger partial charge on any atom is -0.389 e. The summed E-state index contributed by atoms with van der Waals surface area (Å²) in [4.78, 5) is 11.7. The maximum Gasteiger partial charge on any atom is 0.251 e. The van der Waals surface area contributed by atoms with Gasteiger partial charge >= 0.3 is 0 Å². The summed E-state index contributed by atoms with van der Waals surface area (Å²) in [5.41, 5.74) is 0.501. The summed E-state index contributed by atoms with van der Waals surface area (Å²) in [5.74, 6) is -0.207. The molecule has 0 fully saturated rings. The topological polar surface area (TPSA) is 49.3 Å². The molecular formula is C12H16ClNO2. The predicted octanol–water partition coefficient (Wildman–Crippen LogP) is 2.15. The summed E-state index contributed by atoms with van der Waals surface area (Å²) in [6, 6.07) is 5.08. The van der Waals surface area contributed by atoms with Gasteiger partial charge in [-0.2, -0.15) is 0 Å². The van der Waals surface area contributed by atoms with Crippen LogP contribution in [0, 0.1) is 6.92 Å². The Labute approximate surface area is 100 Å². The molecule has 0 aliphatic carbocycles. The van der Waals surface area contributed by atoms with E-state index in [-0.39, 0.29) is 12.5 Å². The summed E-state index contributed by atoms with van der Waals surface area (Å²) in [7, 11) is 0. The van der Waals surface area contributed by atoms with Gasteiger partial charge in [0.25, 0.3) is 5.91 Å². The van der Waals surface area contributed by atoms with E-state index in [9.17, 15) is 9.90 Å². The molecule has 2 N–H and O–H groups in total. The van der Waals surface area contributed by atoms with Crippen molar-refractivity contribution in [2.45, 2.75) is 26.4 Å². The van der Waals surface area contributed by atoms with Gasteiger partial charge in [-0.25, -0.2) is 0 Å². The number of rotatable bonds is 3. The number of amides is 1. The first kappa shape index (κ1) is 13.0. The average Bonchev–Trinajstić information content (AvgIpc) is 2.17. The number of benzene rings is 1. The fourth-order valence-corrected chi connectivity index (χ4v) is 1.30. The summed E-state index contributed by atoms with van der Waals surface area (Å²) >= 11 is 5.86. The molecule has 0 aliphatic heterocycles. The zero-order valence-corrected chi connectivity index (χ0v) is 10.4. The van der Waals surface area contributed by atoms with Crippen LogP contribution in [-0.4, -0.2) is 23.2 Å². The number of carbonyl (C=O) groups is 1. The number of aliphatic hydroxyl groups is 1. The standard InChI is InChI=1S/C12H16ClNO2/c1-8-6-9(4-5-10(8)13)11(15)14-7-12(2,3)16/h4-6,16H,7H2,1-3H3,(H,14,15). The number of nitrogens with one attached hydrogen (secondary N) is 1. The summed E-state index contributed by atoms with van der Waals surface area (Å²) in [5, 5.41) is 12.8. The van der Waals surface area contributed by atoms with E-state index in [0.717, 1.165) is 5.56 Å². The molecule has 0 bridgehead atoms. The molecule has 0 saturated heterocycles. The number of aryl methyl sites for hydroxylation is 1. The van der Waals surface area contributed by atoms with Crippen molar-refractivity contribution in [1.82, 2.24) is 5.32 Å². The van der Waals surface area contributed by atoms with Crippen LogP contribution >= 0.6 is 11.6 Å². The van der Waals surface area contributed by atoms with Crippen LogP contribution < -0.4 is 5.32 Å². The highest BCUT2D eigenvalue weighted by Gasteiger charge is 2.14. The largest absolute Gasteiger partial charge is 0.389 e. The molecule has 1 amide bonds. The first-order valence-electron chi connectivity index (χ1n) is 5.06. The van der Waals surface area contributed by atoms with Crippen LogP contribution in [0.15, 0.2) is 18.2 Å². The van der Waals surface area contributed by atoms with Gasteiger partial charge in [0.1, 0.15) is 0 Å². The van der Waals surface area contributed by atoms with Crippen LogP contribution in [0.2, 0.25) is 5.02 Å². The fourth-order valence-electron chi connectivity index (χ4n) is 1.18. The first-order valence-corrected chi connectivity index (χ1v) is 5.44. The lowest BCUT2D eigenvalue weighted by Gasteiger charge is -2.17. The Bertz CT molecular complexity index is 396. The molecule has 0 unspecified atom stereocenters. The van der Waals surface area contributed by atoms with E-state index in [2.05, 4.69) is 5.32 Å². The molecule has 1 aromatic carbocycles. The zero-order valence-electron chi connectivity index (χ0n) is 9.67. The lowest BCUT2D eigenvalue weighted by Crippen LogP contribution is -2.38. The van der Waals surface area contributed by atoms with Crippen molar-refractivity contribution in [3.63, 3.8) is 0 Å². The third kappa shape index (κ3) is 3.83. The van der Waals surface area contributed by atoms with E-state index >= 15 is 0 Å². The van der Waals surface area contributed by atoms with E-state index in [4.69, 9.17) is 11.6 Å². The molecule has 4 heteroatoms. The Morgan fingerprint density at radius 2 is 2.12 bits per heavy atom. The van der Waals surface area contributed by atoms with Crippen LogP contribution in [0.25, 0.3) is 0 Å². The van der Waals surface area contributed by atoms with Gasteiger partial charge < -0.3 is 10.4 Å². The molecular weight excluding hydrogens is 226 g/mol. The second-order valence-corrected chi connectivity index (χ2v) is 4.87. The van der Waals surface area contributed by atoms with Crippen molar-refractivity contribution in [2.75, 3.05) is 6.54 Å². The van der Waals surface area contributed by atoms with Crippen molar-refractivity contribution in [1.29, 1.82) is 0 Å². The highest BCUT2D eigenvalue weighted by Crippen LogP contribution is 2.16. The minimum atomic E-state index is -0.906. The monoisotopic (exact) mass is 241 g/mol. The third-order valence-electron chi connectivity index (χ3n) is 2.10. The second-order valence-electron chi connectivity index (χ2n) is 4.46. The van der Waals surface area contributed by atoms with E-state index < -0.39 is 5.60 Å². The van der Waals surface area contributed by atoms with Gasteiger partial charge in [0.2, 0.25) is 0 Å². The van der Waals surface area contributed by atoms with E-state index in [1.165, 1.54) is 0 Å². The first-order chi connectivity index (χ1) is 7.29. The van der Waals surface area contributed by atoms with Crippen LogP contribution in [0.4, 0.5) is 0 Å². The Balaban J connectivity index is 2.70. The summed E-state index contributed by atoms with van der Waals surface area (Å²) in [6.07, 6.45) is 0. The van der Waals surface area contributed by atoms with Gasteiger partial charge in [-0.05, 0) is 44.5 Å². The lowest BCUT2D eigenvalue weighted by molar-refractivity contribution is 0.0694. The predicted molar refractivity (Wildman–Crippen MR) is 64.8 cm³/mol.